The first-order valence-corrected chi connectivity index (χ1v) is 24.2. The Bertz CT molecular complexity index is 1090. The highest BCUT2D eigenvalue weighted by molar-refractivity contribution is 5.77. The molecule has 0 aliphatic carbocycles. The van der Waals surface area contributed by atoms with E-state index in [4.69, 9.17) is 4.74 Å². The molecule has 58 heavy (non-hydrogen) atoms. The van der Waals surface area contributed by atoms with E-state index < -0.39 is 18.2 Å². The Morgan fingerprint density at radius 2 is 1.02 bits per heavy atom. The summed E-state index contributed by atoms with van der Waals surface area (Å²) in [5.41, 5.74) is 0. The Balaban J connectivity index is 4.61. The SMILES string of the molecule is CC/C=C/C=C/C=C\CCCCCC(CC(=O)NC(CO)C(O)CCCCCCCCCCCCCC)OC(=O)CCCCCCCC/C=C/C/C=C/C/C=C/CC. The van der Waals surface area contributed by atoms with Crippen LogP contribution in [0, 0.1) is 0 Å². The molecule has 3 unspecified atom stereocenters. The molecule has 0 rings (SSSR count). The van der Waals surface area contributed by atoms with Gasteiger partial charge in [0, 0.05) is 6.42 Å². The predicted molar refractivity (Wildman–Crippen MR) is 250 cm³/mol. The van der Waals surface area contributed by atoms with Gasteiger partial charge in [-0.15, -0.1) is 0 Å². The highest BCUT2D eigenvalue weighted by atomic mass is 16.5. The zero-order valence-corrected chi connectivity index (χ0v) is 37.9. The molecule has 0 aromatic rings. The lowest BCUT2D eigenvalue weighted by Crippen LogP contribution is -2.46. The molecule has 0 saturated heterocycles. The van der Waals surface area contributed by atoms with E-state index >= 15 is 0 Å². The van der Waals surface area contributed by atoms with Gasteiger partial charge in [0.15, 0.2) is 0 Å². The summed E-state index contributed by atoms with van der Waals surface area (Å²) >= 11 is 0. The first kappa shape index (κ1) is 55.3. The number of rotatable bonds is 42. The number of allylic oxidation sites excluding steroid dienone is 12. The number of aliphatic hydroxyl groups is 2. The fourth-order valence-electron chi connectivity index (χ4n) is 6.97. The number of nitrogens with one attached hydrogen (secondary N) is 1. The van der Waals surface area contributed by atoms with Gasteiger partial charge in [-0.25, -0.2) is 0 Å². The van der Waals surface area contributed by atoms with Crippen molar-refractivity contribution in [2.24, 2.45) is 0 Å². The molecule has 6 heteroatoms. The molecule has 0 spiro atoms. The second kappa shape index (κ2) is 45.4. The highest BCUT2D eigenvalue weighted by Crippen LogP contribution is 2.17. The van der Waals surface area contributed by atoms with Gasteiger partial charge < -0.3 is 20.3 Å². The van der Waals surface area contributed by atoms with Crippen LogP contribution in [0.5, 0.6) is 0 Å². The van der Waals surface area contributed by atoms with E-state index in [1.165, 1.54) is 77.0 Å². The summed E-state index contributed by atoms with van der Waals surface area (Å²) in [5.74, 6) is -0.528. The van der Waals surface area contributed by atoms with Crippen LogP contribution in [0.15, 0.2) is 72.9 Å². The van der Waals surface area contributed by atoms with Crippen LogP contribution in [0.2, 0.25) is 0 Å². The van der Waals surface area contributed by atoms with Crippen molar-refractivity contribution >= 4 is 11.9 Å². The van der Waals surface area contributed by atoms with Crippen LogP contribution >= 0.6 is 0 Å². The van der Waals surface area contributed by atoms with Crippen molar-refractivity contribution in [2.45, 2.75) is 238 Å². The second-order valence-electron chi connectivity index (χ2n) is 16.2. The lowest BCUT2D eigenvalue weighted by molar-refractivity contribution is -0.151. The van der Waals surface area contributed by atoms with Gasteiger partial charge in [0.1, 0.15) is 6.10 Å². The molecule has 0 aliphatic heterocycles. The lowest BCUT2D eigenvalue weighted by atomic mass is 10.0. The fraction of sp³-hybridized carbons (Fsp3) is 0.731. The fourth-order valence-corrected chi connectivity index (χ4v) is 6.97. The molecular weight excluding hydrogens is 719 g/mol. The molecule has 0 aromatic heterocycles. The zero-order chi connectivity index (χ0) is 42.4. The third kappa shape index (κ3) is 40.1. The molecule has 0 fully saturated rings. The zero-order valence-electron chi connectivity index (χ0n) is 37.9. The Hall–Kier alpha value is -2.70. The summed E-state index contributed by atoms with van der Waals surface area (Å²) in [6.45, 7) is 6.21. The van der Waals surface area contributed by atoms with Crippen LogP contribution in [0.3, 0.4) is 0 Å². The average molecular weight is 810 g/mol. The summed E-state index contributed by atoms with van der Waals surface area (Å²) in [4.78, 5) is 26.0. The van der Waals surface area contributed by atoms with Crippen molar-refractivity contribution in [1.82, 2.24) is 5.32 Å². The number of carbonyl (C=O) groups is 2. The van der Waals surface area contributed by atoms with Gasteiger partial charge in [-0.05, 0) is 77.0 Å². The molecule has 334 valence electrons. The maximum absolute atomic E-state index is 13.1. The lowest BCUT2D eigenvalue weighted by Gasteiger charge is -2.24. The van der Waals surface area contributed by atoms with E-state index in [0.29, 0.717) is 19.3 Å². The van der Waals surface area contributed by atoms with E-state index in [1.807, 2.05) is 12.2 Å². The summed E-state index contributed by atoms with van der Waals surface area (Å²) < 4.78 is 5.89. The van der Waals surface area contributed by atoms with Gasteiger partial charge >= 0.3 is 5.97 Å². The third-order valence-electron chi connectivity index (χ3n) is 10.6. The minimum absolute atomic E-state index is 0.0462. The largest absolute Gasteiger partial charge is 0.462 e. The van der Waals surface area contributed by atoms with E-state index in [9.17, 15) is 19.8 Å². The van der Waals surface area contributed by atoms with Crippen LogP contribution < -0.4 is 5.32 Å². The normalized spacial score (nSPS) is 13.9. The number of amides is 1. The van der Waals surface area contributed by atoms with Crippen molar-refractivity contribution in [1.29, 1.82) is 0 Å². The maximum Gasteiger partial charge on any atom is 0.306 e. The van der Waals surface area contributed by atoms with Crippen LogP contribution in [0.25, 0.3) is 0 Å². The van der Waals surface area contributed by atoms with Crippen molar-refractivity contribution in [3.05, 3.63) is 72.9 Å². The monoisotopic (exact) mass is 810 g/mol. The molecule has 0 saturated carbocycles. The van der Waals surface area contributed by atoms with Gasteiger partial charge in [-0.3, -0.25) is 9.59 Å². The highest BCUT2D eigenvalue weighted by Gasteiger charge is 2.24. The van der Waals surface area contributed by atoms with Crippen molar-refractivity contribution in [3.8, 4) is 0 Å². The van der Waals surface area contributed by atoms with Gasteiger partial charge in [0.25, 0.3) is 0 Å². The van der Waals surface area contributed by atoms with Gasteiger partial charge in [0.2, 0.25) is 5.91 Å². The van der Waals surface area contributed by atoms with E-state index in [0.717, 1.165) is 96.3 Å². The quantitative estimate of drug-likeness (QED) is 0.0247. The Morgan fingerprint density at radius 3 is 1.62 bits per heavy atom. The van der Waals surface area contributed by atoms with Crippen LogP contribution in [-0.4, -0.2) is 46.9 Å². The smallest absolute Gasteiger partial charge is 0.306 e. The Kier molecular flexibility index (Phi) is 43.3. The van der Waals surface area contributed by atoms with Gasteiger partial charge in [0.05, 0.1) is 25.2 Å². The average Bonchev–Trinajstić information content (AvgIpc) is 3.22. The number of esters is 1. The number of aliphatic hydroxyl groups excluding tert-OH is 2. The van der Waals surface area contributed by atoms with Gasteiger partial charge in [-0.2, -0.15) is 0 Å². The van der Waals surface area contributed by atoms with Crippen LogP contribution in [0.4, 0.5) is 0 Å². The summed E-state index contributed by atoms with van der Waals surface area (Å²) in [6, 6.07) is -0.717. The molecule has 0 aliphatic rings. The number of ether oxygens (including phenoxy) is 1. The topological polar surface area (TPSA) is 95.9 Å². The molecule has 1 amide bonds. The van der Waals surface area contributed by atoms with Crippen LogP contribution in [-0.2, 0) is 14.3 Å². The van der Waals surface area contributed by atoms with E-state index in [1.54, 1.807) is 0 Å². The molecule has 3 atom stereocenters. The number of hydrogen-bond acceptors (Lipinski definition) is 5. The number of hydrogen-bond donors (Lipinski definition) is 3. The maximum atomic E-state index is 13.1. The number of carbonyl (C=O) groups excluding carboxylic acids is 2. The molecule has 0 radical (unpaired) electrons. The summed E-state index contributed by atoms with van der Waals surface area (Å²) in [6.07, 6.45) is 56.8. The Labute approximate surface area is 358 Å². The minimum atomic E-state index is -0.800. The summed E-state index contributed by atoms with van der Waals surface area (Å²) in [7, 11) is 0. The molecule has 0 heterocycles. The van der Waals surface area contributed by atoms with E-state index in [-0.39, 0.29) is 24.9 Å². The summed E-state index contributed by atoms with van der Waals surface area (Å²) in [5, 5.41) is 23.7. The first-order valence-electron chi connectivity index (χ1n) is 24.2. The first-order chi connectivity index (χ1) is 28.5. The standard InChI is InChI=1S/C52H91NO5/c1-4-7-10-13-16-19-22-24-25-26-27-30-33-36-39-42-45-52(57)58-48(43-40-37-34-31-28-21-18-15-12-9-6-3)46-51(56)53-49(47-54)50(55)44-41-38-35-32-29-23-20-17-14-11-8-5-2/h7,9-10,12,15-16,18-19,21,24-25,28,48-50,54-55H,4-6,8,11,13-14,17,20,22-23,26-27,29-47H2,1-3H3,(H,53,56)/b10-7+,12-9+,18-15+,19-16+,25-24+,28-21-. The molecule has 0 aromatic carbocycles. The third-order valence-corrected chi connectivity index (χ3v) is 10.6. The molecule has 3 N–H and O–H groups in total. The minimum Gasteiger partial charge on any atom is -0.462 e. The second-order valence-corrected chi connectivity index (χ2v) is 16.2. The Morgan fingerprint density at radius 1 is 0.534 bits per heavy atom. The van der Waals surface area contributed by atoms with E-state index in [2.05, 4.69) is 86.8 Å². The molecule has 0 bridgehead atoms. The van der Waals surface area contributed by atoms with Crippen molar-refractivity contribution in [3.63, 3.8) is 0 Å². The van der Waals surface area contributed by atoms with Crippen molar-refractivity contribution < 1.29 is 24.5 Å². The number of unbranched alkanes of at least 4 members (excludes halogenated alkanes) is 20. The molecule has 6 nitrogen and oxygen atoms in total. The van der Waals surface area contributed by atoms with Crippen molar-refractivity contribution in [2.75, 3.05) is 6.61 Å². The molecular formula is C52H91NO5. The van der Waals surface area contributed by atoms with Crippen LogP contribution in [0.1, 0.15) is 220 Å². The predicted octanol–water partition coefficient (Wildman–Crippen LogP) is 14.2. The van der Waals surface area contributed by atoms with Gasteiger partial charge in [-0.1, -0.05) is 203 Å².